The van der Waals surface area contributed by atoms with Crippen LogP contribution in [0.1, 0.15) is 26.3 Å². The lowest BCUT2D eigenvalue weighted by atomic mass is 10.2. The average Bonchev–Trinajstić information content (AvgIpc) is 2.25. The fraction of sp³-hybridized carbons (Fsp3) is 0.385. The van der Waals surface area contributed by atoms with Crippen LogP contribution in [0.4, 0.5) is 15.3 Å². The molecule has 0 heterocycles. The van der Waals surface area contributed by atoms with Gasteiger partial charge in [0, 0.05) is 12.2 Å². The van der Waals surface area contributed by atoms with E-state index in [1.54, 1.807) is 45.0 Å². The lowest BCUT2D eigenvalue weighted by Gasteiger charge is -2.19. The van der Waals surface area contributed by atoms with Crippen molar-refractivity contribution in [1.29, 1.82) is 0 Å². The number of ether oxygens (including phenoxy) is 1. The number of nitrogens with two attached hydrogens (primary N) is 1. The molecule has 0 aliphatic heterocycles. The molecule has 104 valence electrons. The van der Waals surface area contributed by atoms with Gasteiger partial charge in [0.25, 0.3) is 0 Å². The Hall–Kier alpha value is -2.24. The van der Waals surface area contributed by atoms with Gasteiger partial charge >= 0.3 is 12.1 Å². The Labute approximate surface area is 112 Å². The average molecular weight is 265 g/mol. The maximum absolute atomic E-state index is 11.4. The first kappa shape index (κ1) is 14.8. The Kier molecular flexibility index (Phi) is 4.74. The molecule has 6 heteroatoms. The molecule has 0 bridgehead atoms. The van der Waals surface area contributed by atoms with E-state index in [0.29, 0.717) is 12.2 Å². The molecule has 0 saturated carbocycles. The zero-order chi connectivity index (χ0) is 14.5. The molecule has 0 aliphatic carbocycles. The van der Waals surface area contributed by atoms with Crippen molar-refractivity contribution in [3.8, 4) is 0 Å². The van der Waals surface area contributed by atoms with E-state index in [4.69, 9.17) is 10.5 Å². The van der Waals surface area contributed by atoms with Crippen LogP contribution >= 0.6 is 0 Å². The zero-order valence-corrected chi connectivity index (χ0v) is 11.3. The summed E-state index contributed by atoms with van der Waals surface area (Å²) in [4.78, 5) is 22.1. The fourth-order valence-corrected chi connectivity index (χ4v) is 1.34. The van der Waals surface area contributed by atoms with Gasteiger partial charge in [-0.15, -0.1) is 0 Å². The summed E-state index contributed by atoms with van der Waals surface area (Å²) in [5.41, 5.74) is 5.98. The third-order valence-corrected chi connectivity index (χ3v) is 2.06. The molecule has 6 nitrogen and oxygen atoms in total. The fourth-order valence-electron chi connectivity index (χ4n) is 1.34. The number of alkyl carbamates (subject to hydrolysis) is 1. The van der Waals surface area contributed by atoms with Crippen molar-refractivity contribution in [2.75, 3.05) is 5.32 Å². The van der Waals surface area contributed by atoms with Gasteiger partial charge < -0.3 is 21.1 Å². The van der Waals surface area contributed by atoms with Crippen LogP contribution in [0, 0.1) is 0 Å². The first-order valence-electron chi connectivity index (χ1n) is 5.88. The molecule has 1 aromatic rings. The van der Waals surface area contributed by atoms with E-state index in [-0.39, 0.29) is 0 Å². The molecule has 0 unspecified atom stereocenters. The Morgan fingerprint density at radius 1 is 1.21 bits per heavy atom. The van der Waals surface area contributed by atoms with Gasteiger partial charge in [-0.3, -0.25) is 0 Å². The predicted octanol–water partition coefficient (Wildman–Crippen LogP) is 2.20. The second-order valence-electron chi connectivity index (χ2n) is 5.04. The van der Waals surface area contributed by atoms with Crippen LogP contribution in [0.5, 0.6) is 0 Å². The molecule has 3 amide bonds. The Balaban J connectivity index is 2.46. The second-order valence-corrected chi connectivity index (χ2v) is 5.04. The van der Waals surface area contributed by atoms with Crippen LogP contribution in [0.15, 0.2) is 24.3 Å². The van der Waals surface area contributed by atoms with E-state index in [9.17, 15) is 9.59 Å². The van der Waals surface area contributed by atoms with Crippen molar-refractivity contribution in [2.45, 2.75) is 32.9 Å². The smallest absolute Gasteiger partial charge is 0.407 e. The minimum Gasteiger partial charge on any atom is -0.444 e. The summed E-state index contributed by atoms with van der Waals surface area (Å²) in [5.74, 6) is 0. The number of benzene rings is 1. The number of carbonyl (C=O) groups excluding carboxylic acids is 2. The number of carbonyl (C=O) groups is 2. The molecule has 0 aliphatic rings. The van der Waals surface area contributed by atoms with Crippen molar-refractivity contribution >= 4 is 17.8 Å². The molecular formula is C13H19N3O3. The highest BCUT2D eigenvalue weighted by Gasteiger charge is 2.15. The number of urea groups is 1. The van der Waals surface area contributed by atoms with Crippen molar-refractivity contribution < 1.29 is 14.3 Å². The van der Waals surface area contributed by atoms with E-state index in [1.165, 1.54) is 0 Å². The predicted molar refractivity (Wildman–Crippen MR) is 72.7 cm³/mol. The minimum absolute atomic E-state index is 0.353. The molecule has 0 aromatic heterocycles. The SMILES string of the molecule is CC(C)(C)OC(=O)NCc1ccc(NC(N)=O)cc1. The van der Waals surface area contributed by atoms with Gasteiger partial charge in [0.1, 0.15) is 5.60 Å². The summed E-state index contributed by atoms with van der Waals surface area (Å²) >= 11 is 0. The maximum atomic E-state index is 11.4. The summed E-state index contributed by atoms with van der Waals surface area (Å²) in [6, 6.07) is 6.36. The molecule has 19 heavy (non-hydrogen) atoms. The van der Waals surface area contributed by atoms with Crippen molar-refractivity contribution in [3.05, 3.63) is 29.8 Å². The zero-order valence-electron chi connectivity index (χ0n) is 11.3. The van der Waals surface area contributed by atoms with Crippen molar-refractivity contribution in [1.82, 2.24) is 5.32 Å². The molecular weight excluding hydrogens is 246 g/mol. The first-order chi connectivity index (χ1) is 8.76. The lowest BCUT2D eigenvalue weighted by molar-refractivity contribution is 0.0523. The van der Waals surface area contributed by atoms with Gasteiger partial charge in [0.05, 0.1) is 0 Å². The monoisotopic (exact) mass is 265 g/mol. The molecule has 0 saturated heterocycles. The van der Waals surface area contributed by atoms with Gasteiger partial charge in [0.2, 0.25) is 0 Å². The lowest BCUT2D eigenvalue weighted by Crippen LogP contribution is -2.32. The summed E-state index contributed by atoms with van der Waals surface area (Å²) < 4.78 is 5.11. The summed E-state index contributed by atoms with van der Waals surface area (Å²) in [5, 5.41) is 5.10. The van der Waals surface area contributed by atoms with Gasteiger partial charge in [-0.25, -0.2) is 9.59 Å². The van der Waals surface area contributed by atoms with Crippen molar-refractivity contribution in [2.24, 2.45) is 5.73 Å². The van der Waals surface area contributed by atoms with Crippen LogP contribution in [0.25, 0.3) is 0 Å². The van der Waals surface area contributed by atoms with E-state index in [2.05, 4.69) is 10.6 Å². The summed E-state index contributed by atoms with van der Waals surface area (Å²) in [6.07, 6.45) is -0.466. The molecule has 0 spiro atoms. The van der Waals surface area contributed by atoms with Crippen LogP contribution in [0.2, 0.25) is 0 Å². The van der Waals surface area contributed by atoms with Crippen LogP contribution < -0.4 is 16.4 Å². The third-order valence-electron chi connectivity index (χ3n) is 2.06. The summed E-state index contributed by atoms with van der Waals surface area (Å²) in [7, 11) is 0. The highest BCUT2D eigenvalue weighted by molar-refractivity contribution is 5.87. The molecule has 1 rings (SSSR count). The van der Waals surface area contributed by atoms with Gasteiger partial charge in [-0.2, -0.15) is 0 Å². The number of anilines is 1. The number of primary amides is 1. The number of rotatable bonds is 3. The molecule has 0 radical (unpaired) electrons. The van der Waals surface area contributed by atoms with E-state index >= 15 is 0 Å². The largest absolute Gasteiger partial charge is 0.444 e. The molecule has 0 fully saturated rings. The Bertz CT molecular complexity index is 449. The number of amides is 3. The normalized spacial score (nSPS) is 10.7. The van der Waals surface area contributed by atoms with E-state index in [1.807, 2.05) is 0 Å². The standard InChI is InChI=1S/C13H19N3O3/c1-13(2,3)19-12(18)15-8-9-4-6-10(7-5-9)16-11(14)17/h4-7H,8H2,1-3H3,(H,15,18)(H3,14,16,17). The Morgan fingerprint density at radius 2 is 1.79 bits per heavy atom. The third kappa shape index (κ3) is 6.30. The van der Waals surface area contributed by atoms with Crippen molar-refractivity contribution in [3.63, 3.8) is 0 Å². The molecule has 0 atom stereocenters. The molecule has 1 aromatic carbocycles. The number of nitrogens with one attached hydrogen (secondary N) is 2. The van der Waals surface area contributed by atoms with Gasteiger partial charge in [-0.1, -0.05) is 12.1 Å². The minimum atomic E-state index is -0.611. The quantitative estimate of drug-likeness (QED) is 0.782. The van der Waals surface area contributed by atoms with Crippen LogP contribution in [-0.2, 0) is 11.3 Å². The highest BCUT2D eigenvalue weighted by Crippen LogP contribution is 2.10. The van der Waals surface area contributed by atoms with Crippen LogP contribution in [-0.4, -0.2) is 17.7 Å². The summed E-state index contributed by atoms with van der Waals surface area (Å²) in [6.45, 7) is 5.76. The molecule has 4 N–H and O–H groups in total. The van der Waals surface area contributed by atoms with E-state index < -0.39 is 17.7 Å². The van der Waals surface area contributed by atoms with Crippen LogP contribution in [0.3, 0.4) is 0 Å². The van der Waals surface area contributed by atoms with Gasteiger partial charge in [-0.05, 0) is 38.5 Å². The maximum Gasteiger partial charge on any atom is 0.407 e. The number of hydrogen-bond donors (Lipinski definition) is 3. The van der Waals surface area contributed by atoms with Gasteiger partial charge in [0.15, 0.2) is 0 Å². The Morgan fingerprint density at radius 3 is 2.26 bits per heavy atom. The van der Waals surface area contributed by atoms with E-state index in [0.717, 1.165) is 5.56 Å². The topological polar surface area (TPSA) is 93.4 Å². The first-order valence-corrected chi connectivity index (χ1v) is 5.88. The second kappa shape index (κ2) is 6.08. The highest BCUT2D eigenvalue weighted by atomic mass is 16.6. The number of hydrogen-bond acceptors (Lipinski definition) is 3.